The molecule has 1 aliphatic rings. The number of alkyl halides is 1. The summed E-state index contributed by atoms with van der Waals surface area (Å²) in [5.41, 5.74) is 0.645. The van der Waals surface area contributed by atoms with Gasteiger partial charge in [0.15, 0.2) is 9.84 Å². The summed E-state index contributed by atoms with van der Waals surface area (Å²) >= 11 is 5.86. The van der Waals surface area contributed by atoms with Crippen LogP contribution >= 0.6 is 11.6 Å². The Morgan fingerprint density at radius 3 is 2.47 bits per heavy atom. The summed E-state index contributed by atoms with van der Waals surface area (Å²) in [7, 11) is -3.23. The van der Waals surface area contributed by atoms with Gasteiger partial charge in [-0.2, -0.15) is 0 Å². The van der Waals surface area contributed by atoms with Crippen LogP contribution in [-0.2, 0) is 14.6 Å². The van der Waals surface area contributed by atoms with Gasteiger partial charge in [-0.1, -0.05) is 18.2 Å². The lowest BCUT2D eigenvalue weighted by molar-refractivity contribution is -0.118. The second-order valence-corrected chi connectivity index (χ2v) is 6.97. The van der Waals surface area contributed by atoms with Gasteiger partial charge in [0.25, 0.3) is 0 Å². The summed E-state index contributed by atoms with van der Waals surface area (Å²) in [5, 5.41) is 0.441. The lowest BCUT2D eigenvalue weighted by Crippen LogP contribution is -2.44. The second-order valence-electron chi connectivity index (χ2n) is 4.39. The fourth-order valence-electron chi connectivity index (χ4n) is 1.98. The monoisotopic (exact) mass is 299 g/mol. The molecule has 0 saturated carbocycles. The highest BCUT2D eigenvalue weighted by Crippen LogP contribution is 2.24. The summed E-state index contributed by atoms with van der Waals surface area (Å²) in [6, 6.07) is 8.44. The maximum absolute atomic E-state index is 12.2. The van der Waals surface area contributed by atoms with E-state index >= 15 is 0 Å². The summed E-state index contributed by atoms with van der Waals surface area (Å²) in [6.45, 7) is 1.58. The van der Waals surface area contributed by atoms with Gasteiger partial charge in [0.1, 0.15) is 5.38 Å². The molecule has 0 aromatic heterocycles. The number of carbonyl (C=O) groups is 1. The van der Waals surface area contributed by atoms with Crippen LogP contribution in [-0.4, -0.2) is 31.5 Å². The van der Waals surface area contributed by atoms with Crippen LogP contribution in [0.4, 0.5) is 5.69 Å². The predicted molar refractivity (Wildman–Crippen MR) is 76.0 cm³/mol. The zero-order chi connectivity index (χ0) is 14.0. The molecule has 0 N–H and O–H groups in total. The molecule has 1 heterocycles. The van der Waals surface area contributed by atoms with Gasteiger partial charge in [-0.25, -0.2) is 8.42 Å². The molecule has 1 aliphatic heterocycles. The highest BCUT2D eigenvalue weighted by Gasteiger charge is 2.32. The predicted octanol–water partition coefficient (Wildman–Crippen LogP) is 1.96. The van der Waals surface area contributed by atoms with E-state index in [1.807, 2.05) is 6.07 Å². The first-order valence-electron chi connectivity index (χ1n) is 5.84. The highest BCUT2D eigenvalue weighted by atomic mass is 35.5. The van der Waals surface area contributed by atoms with Gasteiger partial charge in [0.05, 0.1) is 11.8 Å². The standard InChI is InChI=1S/C13H14ClNO3S/c1-10(14)13(16)15(11-5-3-2-4-6-11)12-7-8-19(17,18)9-12/h2-8,10,12H,9H2,1H3/t10-,12+/m0/s1. The molecule has 0 unspecified atom stereocenters. The molecule has 2 atom stereocenters. The van der Waals surface area contributed by atoms with Crippen LogP contribution in [0.5, 0.6) is 0 Å². The van der Waals surface area contributed by atoms with E-state index in [9.17, 15) is 13.2 Å². The quantitative estimate of drug-likeness (QED) is 0.802. The number of rotatable bonds is 3. The molecular weight excluding hydrogens is 286 g/mol. The first-order valence-corrected chi connectivity index (χ1v) is 7.99. The van der Waals surface area contributed by atoms with Crippen LogP contribution in [0.25, 0.3) is 0 Å². The van der Waals surface area contributed by atoms with Crippen molar-refractivity contribution in [3.05, 3.63) is 41.8 Å². The molecule has 1 amide bonds. The Morgan fingerprint density at radius 2 is 2.00 bits per heavy atom. The van der Waals surface area contributed by atoms with E-state index in [0.29, 0.717) is 5.69 Å². The number of amides is 1. The van der Waals surface area contributed by atoms with Gasteiger partial charge in [0, 0.05) is 11.1 Å². The number of para-hydroxylation sites is 1. The number of carbonyl (C=O) groups excluding carboxylic acids is 1. The fourth-order valence-corrected chi connectivity index (χ4v) is 3.36. The topological polar surface area (TPSA) is 54.5 Å². The molecule has 102 valence electrons. The van der Waals surface area contributed by atoms with Crippen LogP contribution in [0.2, 0.25) is 0 Å². The Balaban J connectivity index is 2.37. The van der Waals surface area contributed by atoms with Crippen LogP contribution < -0.4 is 4.90 Å². The van der Waals surface area contributed by atoms with E-state index in [1.165, 1.54) is 11.0 Å². The van der Waals surface area contributed by atoms with E-state index in [-0.39, 0.29) is 11.7 Å². The smallest absolute Gasteiger partial charge is 0.245 e. The molecule has 6 heteroatoms. The average molecular weight is 300 g/mol. The minimum absolute atomic E-state index is 0.1000. The number of nitrogens with zero attached hydrogens (tertiary/aromatic N) is 1. The highest BCUT2D eigenvalue weighted by molar-refractivity contribution is 7.94. The fraction of sp³-hybridized carbons (Fsp3) is 0.308. The molecule has 1 aromatic rings. The van der Waals surface area contributed by atoms with Crippen LogP contribution in [0, 0.1) is 0 Å². The van der Waals surface area contributed by atoms with E-state index in [4.69, 9.17) is 11.6 Å². The van der Waals surface area contributed by atoms with Crippen molar-refractivity contribution in [3.63, 3.8) is 0 Å². The van der Waals surface area contributed by atoms with Crippen LogP contribution in [0.15, 0.2) is 41.8 Å². The normalized spacial score (nSPS) is 22.1. The maximum Gasteiger partial charge on any atom is 0.245 e. The lowest BCUT2D eigenvalue weighted by atomic mass is 10.2. The average Bonchev–Trinajstić information content (AvgIpc) is 2.71. The summed E-state index contributed by atoms with van der Waals surface area (Å²) < 4.78 is 23.0. The van der Waals surface area contributed by atoms with Crippen molar-refractivity contribution in [1.82, 2.24) is 0 Å². The zero-order valence-electron chi connectivity index (χ0n) is 10.4. The number of hydrogen-bond donors (Lipinski definition) is 0. The van der Waals surface area contributed by atoms with E-state index in [2.05, 4.69) is 0 Å². The van der Waals surface area contributed by atoms with Gasteiger partial charge < -0.3 is 4.90 Å². The number of anilines is 1. The Hall–Kier alpha value is -1.33. The number of sulfone groups is 1. The molecule has 0 radical (unpaired) electrons. The van der Waals surface area contributed by atoms with Crippen molar-refractivity contribution in [2.24, 2.45) is 0 Å². The minimum atomic E-state index is -3.23. The maximum atomic E-state index is 12.2. The van der Waals surface area contributed by atoms with Gasteiger partial charge >= 0.3 is 0 Å². The molecular formula is C13H14ClNO3S. The SMILES string of the molecule is C[C@H](Cl)C(=O)N(c1ccccc1)[C@@H]1C=CS(=O)(=O)C1. The van der Waals surface area contributed by atoms with Crippen molar-refractivity contribution < 1.29 is 13.2 Å². The third kappa shape index (κ3) is 3.16. The van der Waals surface area contributed by atoms with Crippen LogP contribution in [0.1, 0.15) is 6.92 Å². The van der Waals surface area contributed by atoms with Crippen molar-refractivity contribution in [1.29, 1.82) is 0 Å². The number of benzene rings is 1. The molecule has 0 aliphatic carbocycles. The molecule has 19 heavy (non-hydrogen) atoms. The van der Waals surface area contributed by atoms with E-state index in [0.717, 1.165) is 5.41 Å². The number of halogens is 1. The first-order chi connectivity index (χ1) is 8.91. The zero-order valence-corrected chi connectivity index (χ0v) is 11.9. The van der Waals surface area contributed by atoms with Crippen molar-refractivity contribution >= 4 is 33.0 Å². The van der Waals surface area contributed by atoms with Crippen LogP contribution in [0.3, 0.4) is 0 Å². The van der Waals surface area contributed by atoms with E-state index in [1.54, 1.807) is 31.2 Å². The minimum Gasteiger partial charge on any atom is -0.303 e. The summed E-state index contributed by atoms with van der Waals surface area (Å²) in [4.78, 5) is 13.6. The Labute approximate surface area is 117 Å². The van der Waals surface area contributed by atoms with E-state index < -0.39 is 21.3 Å². The third-order valence-electron chi connectivity index (χ3n) is 2.85. The molecule has 0 fully saturated rings. The molecule has 2 rings (SSSR count). The molecule has 1 aromatic carbocycles. The van der Waals surface area contributed by atoms with Crippen molar-refractivity contribution in [2.45, 2.75) is 18.3 Å². The third-order valence-corrected chi connectivity index (χ3v) is 4.42. The summed E-state index contributed by atoms with van der Waals surface area (Å²) in [5.74, 6) is -0.406. The van der Waals surface area contributed by atoms with Gasteiger partial charge in [-0.15, -0.1) is 11.6 Å². The van der Waals surface area contributed by atoms with Gasteiger partial charge in [-0.3, -0.25) is 4.79 Å². The Kier molecular flexibility index (Phi) is 3.96. The number of hydrogen-bond acceptors (Lipinski definition) is 3. The second kappa shape index (κ2) is 5.35. The Morgan fingerprint density at radius 1 is 1.37 bits per heavy atom. The largest absolute Gasteiger partial charge is 0.303 e. The molecule has 0 saturated heterocycles. The molecule has 4 nitrogen and oxygen atoms in total. The van der Waals surface area contributed by atoms with Gasteiger partial charge in [0.2, 0.25) is 5.91 Å². The van der Waals surface area contributed by atoms with Gasteiger partial charge in [-0.05, 0) is 25.1 Å². The summed E-state index contributed by atoms with van der Waals surface area (Å²) in [6.07, 6.45) is 1.53. The lowest BCUT2D eigenvalue weighted by Gasteiger charge is -2.28. The first kappa shape index (κ1) is 14.1. The molecule has 0 bridgehead atoms. The van der Waals surface area contributed by atoms with Crippen molar-refractivity contribution in [2.75, 3.05) is 10.7 Å². The van der Waals surface area contributed by atoms with Crippen molar-refractivity contribution in [3.8, 4) is 0 Å². The molecule has 0 spiro atoms. The Bertz CT molecular complexity index is 596.